The van der Waals surface area contributed by atoms with Crippen LogP contribution in [-0.2, 0) is 9.59 Å². The Hall–Kier alpha value is -0.840. The lowest BCUT2D eigenvalue weighted by Crippen LogP contribution is -2.24. The van der Waals surface area contributed by atoms with Gasteiger partial charge < -0.3 is 10.4 Å². The molecule has 0 saturated carbocycles. The van der Waals surface area contributed by atoms with Crippen LogP contribution >= 0.6 is 15.9 Å². The van der Waals surface area contributed by atoms with Gasteiger partial charge in [0.25, 0.3) is 0 Å². The summed E-state index contributed by atoms with van der Waals surface area (Å²) in [5.41, 5.74) is 0. The zero-order valence-electron chi connectivity index (χ0n) is 6.47. The summed E-state index contributed by atoms with van der Waals surface area (Å²) in [5.74, 6) is -1.25. The molecule has 0 spiro atoms. The number of halogens is 1. The summed E-state index contributed by atoms with van der Waals surface area (Å²) in [6, 6.07) is 0. The molecule has 68 valence electrons. The van der Waals surface area contributed by atoms with Crippen LogP contribution < -0.4 is 5.32 Å². The van der Waals surface area contributed by atoms with Crippen LogP contribution in [0.5, 0.6) is 0 Å². The highest BCUT2D eigenvalue weighted by atomic mass is 79.9. The summed E-state index contributed by atoms with van der Waals surface area (Å²) in [6.45, 7) is 3.84. The van der Waals surface area contributed by atoms with Gasteiger partial charge in [-0.2, -0.15) is 0 Å². The Bertz CT molecular complexity index is 183. The van der Waals surface area contributed by atoms with Crippen LogP contribution in [0.1, 0.15) is 12.8 Å². The molecule has 0 aliphatic heterocycles. The number of carboxylic acids is 1. The lowest BCUT2D eigenvalue weighted by Gasteiger charge is -2.01. The van der Waals surface area contributed by atoms with E-state index in [9.17, 15) is 9.59 Å². The first-order valence-electron chi connectivity index (χ1n) is 3.34. The Morgan fingerprint density at radius 1 is 1.42 bits per heavy atom. The number of hydrogen-bond acceptors (Lipinski definition) is 2. The van der Waals surface area contributed by atoms with Crippen molar-refractivity contribution in [3.8, 4) is 0 Å². The topological polar surface area (TPSA) is 66.4 Å². The van der Waals surface area contributed by atoms with Crippen LogP contribution in [0.3, 0.4) is 0 Å². The second kappa shape index (κ2) is 5.77. The van der Waals surface area contributed by atoms with E-state index in [1.54, 1.807) is 0 Å². The maximum atomic E-state index is 10.8. The molecule has 0 unspecified atom stereocenters. The van der Waals surface area contributed by atoms with Crippen molar-refractivity contribution in [1.29, 1.82) is 0 Å². The van der Waals surface area contributed by atoms with Gasteiger partial charge in [-0.3, -0.25) is 9.59 Å². The number of aliphatic carboxylic acids is 1. The van der Waals surface area contributed by atoms with Gasteiger partial charge in [0.05, 0.1) is 6.42 Å². The van der Waals surface area contributed by atoms with Crippen molar-refractivity contribution in [2.75, 3.05) is 6.54 Å². The maximum absolute atomic E-state index is 10.8. The van der Waals surface area contributed by atoms with E-state index in [0.717, 1.165) is 0 Å². The number of nitrogens with one attached hydrogen (secondary N) is 1. The Balaban J connectivity index is 3.47. The molecule has 0 bridgehead atoms. The highest BCUT2D eigenvalue weighted by molar-refractivity contribution is 9.11. The SMILES string of the molecule is C=C(Br)CNC(=O)CCC(=O)O. The molecule has 5 heteroatoms. The van der Waals surface area contributed by atoms with Crippen molar-refractivity contribution in [2.45, 2.75) is 12.8 Å². The van der Waals surface area contributed by atoms with Gasteiger partial charge in [-0.15, -0.1) is 0 Å². The largest absolute Gasteiger partial charge is 0.481 e. The summed E-state index contributed by atoms with van der Waals surface area (Å²) in [4.78, 5) is 20.9. The molecule has 0 aliphatic carbocycles. The monoisotopic (exact) mass is 235 g/mol. The third kappa shape index (κ3) is 7.27. The minimum Gasteiger partial charge on any atom is -0.481 e. The van der Waals surface area contributed by atoms with Crippen molar-refractivity contribution < 1.29 is 14.7 Å². The van der Waals surface area contributed by atoms with Crippen LogP contribution in [-0.4, -0.2) is 23.5 Å². The van der Waals surface area contributed by atoms with Crippen molar-refractivity contribution >= 4 is 27.8 Å². The van der Waals surface area contributed by atoms with Gasteiger partial charge in [0, 0.05) is 17.4 Å². The van der Waals surface area contributed by atoms with E-state index in [1.165, 1.54) is 0 Å². The first-order valence-corrected chi connectivity index (χ1v) is 4.13. The van der Waals surface area contributed by atoms with E-state index in [1.807, 2.05) is 0 Å². The standard InChI is InChI=1S/C7H10BrNO3/c1-5(8)4-9-6(10)2-3-7(11)12/h1-4H2,(H,9,10)(H,11,12). The van der Waals surface area contributed by atoms with Gasteiger partial charge in [-0.25, -0.2) is 0 Å². The van der Waals surface area contributed by atoms with Crippen molar-refractivity contribution in [3.63, 3.8) is 0 Å². The molecule has 12 heavy (non-hydrogen) atoms. The quantitative estimate of drug-likeness (QED) is 0.744. The van der Waals surface area contributed by atoms with E-state index >= 15 is 0 Å². The first kappa shape index (κ1) is 11.2. The summed E-state index contributed by atoms with van der Waals surface area (Å²) in [6.07, 6.45) is -0.129. The molecule has 0 aliphatic rings. The van der Waals surface area contributed by atoms with Crippen molar-refractivity contribution in [1.82, 2.24) is 5.32 Å². The lowest BCUT2D eigenvalue weighted by molar-refractivity contribution is -0.138. The van der Waals surface area contributed by atoms with Crippen molar-refractivity contribution in [2.24, 2.45) is 0 Å². The van der Waals surface area contributed by atoms with E-state index < -0.39 is 5.97 Å². The molecule has 0 aromatic heterocycles. The molecule has 0 radical (unpaired) electrons. The third-order valence-electron chi connectivity index (χ3n) is 1.04. The molecular weight excluding hydrogens is 226 g/mol. The second-order valence-electron chi connectivity index (χ2n) is 2.19. The van der Waals surface area contributed by atoms with Crippen LogP contribution in [0.2, 0.25) is 0 Å². The number of carboxylic acid groups (broad SMARTS) is 1. The van der Waals surface area contributed by atoms with Crippen LogP contribution in [0, 0.1) is 0 Å². The number of hydrogen-bond donors (Lipinski definition) is 2. The zero-order valence-corrected chi connectivity index (χ0v) is 8.06. The normalized spacial score (nSPS) is 9.08. The average molecular weight is 236 g/mol. The Morgan fingerprint density at radius 3 is 2.42 bits per heavy atom. The van der Waals surface area contributed by atoms with Gasteiger partial charge in [-0.05, 0) is 0 Å². The highest BCUT2D eigenvalue weighted by Crippen LogP contribution is 1.97. The number of carbonyl (C=O) groups excluding carboxylic acids is 1. The Kier molecular flexibility index (Phi) is 5.36. The van der Waals surface area contributed by atoms with Gasteiger partial charge in [-0.1, -0.05) is 22.5 Å². The molecule has 0 aromatic carbocycles. The molecule has 4 nitrogen and oxygen atoms in total. The molecule has 0 saturated heterocycles. The fourth-order valence-electron chi connectivity index (χ4n) is 0.503. The average Bonchev–Trinajstić information content (AvgIpc) is 1.96. The predicted molar refractivity (Wildman–Crippen MR) is 47.9 cm³/mol. The third-order valence-corrected chi connectivity index (χ3v) is 1.32. The molecular formula is C7H10BrNO3. The fourth-order valence-corrected chi connectivity index (χ4v) is 0.644. The van der Waals surface area contributed by atoms with Crippen LogP contribution in [0.15, 0.2) is 11.1 Å². The van der Waals surface area contributed by atoms with E-state index in [4.69, 9.17) is 5.11 Å². The minimum atomic E-state index is -0.970. The predicted octanol–water partition coefficient (Wildman–Crippen LogP) is 0.876. The summed E-state index contributed by atoms with van der Waals surface area (Å²) in [7, 11) is 0. The van der Waals surface area contributed by atoms with Crippen LogP contribution in [0.4, 0.5) is 0 Å². The lowest BCUT2D eigenvalue weighted by atomic mass is 10.3. The maximum Gasteiger partial charge on any atom is 0.303 e. The van der Waals surface area contributed by atoms with Gasteiger partial charge >= 0.3 is 5.97 Å². The van der Waals surface area contributed by atoms with Crippen molar-refractivity contribution in [3.05, 3.63) is 11.1 Å². The van der Waals surface area contributed by atoms with Crippen LogP contribution in [0.25, 0.3) is 0 Å². The summed E-state index contributed by atoms with van der Waals surface area (Å²) >= 11 is 3.06. The second-order valence-corrected chi connectivity index (χ2v) is 3.31. The number of rotatable bonds is 5. The van der Waals surface area contributed by atoms with Gasteiger partial charge in [0.15, 0.2) is 0 Å². The summed E-state index contributed by atoms with van der Waals surface area (Å²) < 4.78 is 0.658. The smallest absolute Gasteiger partial charge is 0.303 e. The molecule has 0 atom stereocenters. The molecule has 0 rings (SSSR count). The van der Waals surface area contributed by atoms with E-state index in [-0.39, 0.29) is 18.7 Å². The van der Waals surface area contributed by atoms with E-state index in [2.05, 4.69) is 27.8 Å². The minimum absolute atomic E-state index is 0.00954. The first-order chi connectivity index (χ1) is 5.52. The highest BCUT2D eigenvalue weighted by Gasteiger charge is 2.03. The number of amides is 1. The van der Waals surface area contributed by atoms with E-state index in [0.29, 0.717) is 11.0 Å². The fraction of sp³-hybridized carbons (Fsp3) is 0.429. The van der Waals surface area contributed by atoms with Gasteiger partial charge in [0.2, 0.25) is 5.91 Å². The molecule has 0 aromatic rings. The number of carbonyl (C=O) groups is 2. The summed E-state index contributed by atoms with van der Waals surface area (Å²) in [5, 5.41) is 10.7. The molecule has 0 heterocycles. The Morgan fingerprint density at radius 2 is 2.00 bits per heavy atom. The molecule has 0 fully saturated rings. The molecule has 1 amide bonds. The molecule has 2 N–H and O–H groups in total. The Labute approximate surface area is 78.8 Å². The zero-order chi connectivity index (χ0) is 9.56. The van der Waals surface area contributed by atoms with Gasteiger partial charge in [0.1, 0.15) is 0 Å².